The first-order valence-corrected chi connectivity index (χ1v) is 10.2. The molecule has 0 aromatic heterocycles. The quantitative estimate of drug-likeness (QED) is 0.653. The predicted octanol–water partition coefficient (Wildman–Crippen LogP) is 5.17. The minimum Gasteiger partial charge on any atom is -0.381 e. The van der Waals surface area contributed by atoms with E-state index in [4.69, 9.17) is 4.74 Å². The summed E-state index contributed by atoms with van der Waals surface area (Å²) in [5.41, 5.74) is 2.02. The van der Waals surface area contributed by atoms with E-state index >= 15 is 0 Å². The van der Waals surface area contributed by atoms with Gasteiger partial charge in [0.05, 0.1) is 6.10 Å². The number of fused-ring (bicyclic) bond motifs is 5. The topological polar surface area (TPSA) is 26.3 Å². The standard InChI is InChI=1S/C22H34O2/c1-5-14-12-16(24-4)13-15-6-7-17-18-8-9-20(23)21(18,2)11-10-19(17)22(14,15)3/h6,14,16-19H,5,7-13H2,1-4H3/t14?,16?,17-,18-,19+,21-,22-/m0/s1. The lowest BCUT2D eigenvalue weighted by atomic mass is 9.45. The lowest BCUT2D eigenvalue weighted by Gasteiger charge is -2.59. The molecule has 0 saturated heterocycles. The number of rotatable bonds is 2. The van der Waals surface area contributed by atoms with Crippen molar-refractivity contribution in [3.8, 4) is 0 Å². The highest BCUT2D eigenvalue weighted by Gasteiger charge is 2.60. The van der Waals surface area contributed by atoms with E-state index in [1.165, 1.54) is 25.7 Å². The molecule has 134 valence electrons. The minimum absolute atomic E-state index is 0.00564. The van der Waals surface area contributed by atoms with Crippen LogP contribution >= 0.6 is 0 Å². The molecule has 2 heteroatoms. The van der Waals surface area contributed by atoms with Crippen LogP contribution in [-0.2, 0) is 9.53 Å². The highest BCUT2D eigenvalue weighted by atomic mass is 16.5. The zero-order chi connectivity index (χ0) is 17.1. The molecule has 24 heavy (non-hydrogen) atoms. The maximum atomic E-state index is 12.5. The third-order valence-electron chi connectivity index (χ3n) is 8.91. The molecule has 7 atom stereocenters. The van der Waals surface area contributed by atoms with Gasteiger partial charge < -0.3 is 4.74 Å². The molecule has 4 aliphatic rings. The van der Waals surface area contributed by atoms with Crippen molar-refractivity contribution in [1.82, 2.24) is 0 Å². The molecule has 2 unspecified atom stereocenters. The van der Waals surface area contributed by atoms with Gasteiger partial charge in [0, 0.05) is 18.9 Å². The summed E-state index contributed by atoms with van der Waals surface area (Å²) in [7, 11) is 1.88. The largest absolute Gasteiger partial charge is 0.381 e. The molecule has 2 nitrogen and oxygen atoms in total. The Labute approximate surface area is 147 Å². The maximum absolute atomic E-state index is 12.5. The van der Waals surface area contributed by atoms with E-state index in [0.717, 1.165) is 43.4 Å². The molecular weight excluding hydrogens is 296 g/mol. The molecule has 0 N–H and O–H groups in total. The Hall–Kier alpha value is -0.630. The Morgan fingerprint density at radius 1 is 1.25 bits per heavy atom. The Morgan fingerprint density at radius 2 is 2.04 bits per heavy atom. The molecule has 3 saturated carbocycles. The molecule has 0 radical (unpaired) electrons. The first kappa shape index (κ1) is 16.8. The number of ether oxygens (including phenoxy) is 1. The smallest absolute Gasteiger partial charge is 0.139 e. The first-order valence-electron chi connectivity index (χ1n) is 10.2. The third kappa shape index (κ3) is 2.08. The molecule has 3 fully saturated rings. The molecule has 0 aromatic rings. The van der Waals surface area contributed by atoms with Gasteiger partial charge in [0.2, 0.25) is 0 Å². The van der Waals surface area contributed by atoms with Crippen LogP contribution in [0, 0.1) is 34.5 Å². The molecular formula is C22H34O2. The van der Waals surface area contributed by atoms with Crippen molar-refractivity contribution in [1.29, 1.82) is 0 Å². The fourth-order valence-corrected chi connectivity index (χ4v) is 7.40. The number of carbonyl (C=O) groups is 1. The lowest BCUT2D eigenvalue weighted by Crippen LogP contribution is -2.53. The second-order valence-corrected chi connectivity index (χ2v) is 9.45. The Balaban J connectivity index is 1.71. The molecule has 0 bridgehead atoms. The van der Waals surface area contributed by atoms with Crippen molar-refractivity contribution in [3.63, 3.8) is 0 Å². The summed E-state index contributed by atoms with van der Waals surface area (Å²) in [5.74, 6) is 3.44. The summed E-state index contributed by atoms with van der Waals surface area (Å²) in [6.07, 6.45) is 12.1. The Kier molecular flexibility index (Phi) is 3.99. The second-order valence-electron chi connectivity index (χ2n) is 9.45. The molecule has 0 aromatic carbocycles. The summed E-state index contributed by atoms with van der Waals surface area (Å²) in [6.45, 7) is 7.21. The van der Waals surface area contributed by atoms with Crippen molar-refractivity contribution >= 4 is 5.78 Å². The van der Waals surface area contributed by atoms with Crippen LogP contribution in [0.15, 0.2) is 11.6 Å². The second kappa shape index (κ2) is 5.69. The number of carbonyl (C=O) groups excluding carboxylic acids is 1. The van der Waals surface area contributed by atoms with E-state index in [0.29, 0.717) is 23.2 Å². The Morgan fingerprint density at radius 3 is 2.75 bits per heavy atom. The molecule has 4 aliphatic carbocycles. The molecule has 0 amide bonds. The van der Waals surface area contributed by atoms with Crippen LogP contribution in [0.4, 0.5) is 0 Å². The summed E-state index contributed by atoms with van der Waals surface area (Å²) in [6, 6.07) is 0. The average molecular weight is 331 g/mol. The summed E-state index contributed by atoms with van der Waals surface area (Å²) in [5, 5.41) is 0. The van der Waals surface area contributed by atoms with Crippen LogP contribution in [0.25, 0.3) is 0 Å². The third-order valence-corrected chi connectivity index (χ3v) is 8.91. The van der Waals surface area contributed by atoms with Crippen molar-refractivity contribution in [2.24, 2.45) is 34.5 Å². The van der Waals surface area contributed by atoms with E-state index in [1.54, 1.807) is 5.57 Å². The van der Waals surface area contributed by atoms with E-state index in [2.05, 4.69) is 26.8 Å². The normalized spacial score (nSPS) is 50.8. The van der Waals surface area contributed by atoms with Crippen molar-refractivity contribution < 1.29 is 9.53 Å². The van der Waals surface area contributed by atoms with Gasteiger partial charge in [-0.05, 0) is 67.6 Å². The lowest BCUT2D eigenvalue weighted by molar-refractivity contribution is -0.133. The van der Waals surface area contributed by atoms with Gasteiger partial charge in [-0.2, -0.15) is 0 Å². The zero-order valence-electron chi connectivity index (χ0n) is 15.9. The van der Waals surface area contributed by atoms with Crippen molar-refractivity contribution in [2.75, 3.05) is 7.11 Å². The van der Waals surface area contributed by atoms with Crippen molar-refractivity contribution in [2.45, 2.75) is 78.2 Å². The van der Waals surface area contributed by atoms with E-state index in [-0.39, 0.29) is 5.41 Å². The Bertz CT molecular complexity index is 564. The van der Waals surface area contributed by atoms with E-state index in [1.807, 2.05) is 7.11 Å². The fourth-order valence-electron chi connectivity index (χ4n) is 7.40. The minimum atomic E-state index is -0.00564. The van der Waals surface area contributed by atoms with Gasteiger partial charge in [-0.15, -0.1) is 0 Å². The van der Waals surface area contributed by atoms with E-state index in [9.17, 15) is 4.79 Å². The van der Waals surface area contributed by atoms with Gasteiger partial charge in [-0.3, -0.25) is 4.79 Å². The molecule has 4 rings (SSSR count). The molecule has 0 heterocycles. The van der Waals surface area contributed by atoms with Crippen LogP contribution in [0.5, 0.6) is 0 Å². The van der Waals surface area contributed by atoms with Gasteiger partial charge in [0.25, 0.3) is 0 Å². The predicted molar refractivity (Wildman–Crippen MR) is 96.7 cm³/mol. The van der Waals surface area contributed by atoms with Crippen LogP contribution in [0.3, 0.4) is 0 Å². The van der Waals surface area contributed by atoms with E-state index < -0.39 is 0 Å². The average Bonchev–Trinajstić information content (AvgIpc) is 2.89. The number of Topliss-reactive ketones (excluding diaryl/α,β-unsaturated/α-hetero) is 1. The molecule has 0 aliphatic heterocycles. The van der Waals surface area contributed by atoms with Crippen LogP contribution in [0.1, 0.15) is 72.1 Å². The monoisotopic (exact) mass is 330 g/mol. The maximum Gasteiger partial charge on any atom is 0.139 e. The molecule has 0 spiro atoms. The fraction of sp³-hybridized carbons (Fsp3) is 0.864. The van der Waals surface area contributed by atoms with Gasteiger partial charge in [-0.1, -0.05) is 38.8 Å². The SMILES string of the molecule is CCC1CC(OC)CC2=CC[C@@H]3[C@@H](CC[C@]4(C)C(=O)CC[C@@H]34)[C@]21C. The van der Waals surface area contributed by atoms with Crippen LogP contribution in [-0.4, -0.2) is 19.0 Å². The number of hydrogen-bond donors (Lipinski definition) is 0. The van der Waals surface area contributed by atoms with Gasteiger partial charge in [0.15, 0.2) is 0 Å². The van der Waals surface area contributed by atoms with Crippen LogP contribution in [0.2, 0.25) is 0 Å². The van der Waals surface area contributed by atoms with Crippen molar-refractivity contribution in [3.05, 3.63) is 11.6 Å². The highest BCUT2D eigenvalue weighted by molar-refractivity contribution is 5.87. The number of ketones is 1. The van der Waals surface area contributed by atoms with Gasteiger partial charge in [0.1, 0.15) is 5.78 Å². The number of hydrogen-bond acceptors (Lipinski definition) is 2. The van der Waals surface area contributed by atoms with Gasteiger partial charge >= 0.3 is 0 Å². The van der Waals surface area contributed by atoms with Gasteiger partial charge in [-0.25, -0.2) is 0 Å². The summed E-state index contributed by atoms with van der Waals surface area (Å²) >= 11 is 0. The number of methoxy groups -OCH3 is 1. The number of allylic oxidation sites excluding steroid dienone is 1. The summed E-state index contributed by atoms with van der Waals surface area (Å²) in [4.78, 5) is 12.5. The van der Waals surface area contributed by atoms with Crippen LogP contribution < -0.4 is 0 Å². The zero-order valence-corrected chi connectivity index (χ0v) is 15.9. The highest BCUT2D eigenvalue weighted by Crippen LogP contribution is 2.65. The summed E-state index contributed by atoms with van der Waals surface area (Å²) < 4.78 is 5.77. The first-order chi connectivity index (χ1) is 11.4.